The van der Waals surface area contributed by atoms with Gasteiger partial charge in [-0.2, -0.15) is 0 Å². The van der Waals surface area contributed by atoms with E-state index in [1.54, 1.807) is 18.2 Å². The van der Waals surface area contributed by atoms with Gasteiger partial charge < -0.3 is 15.2 Å². The molecule has 2 N–H and O–H groups in total. The van der Waals surface area contributed by atoms with Gasteiger partial charge in [-0.15, -0.1) is 0 Å². The number of hydrogen-bond donors (Lipinski definition) is 2. The summed E-state index contributed by atoms with van der Waals surface area (Å²) in [4.78, 5) is 11.8. The first-order chi connectivity index (χ1) is 10.7. The molecule has 0 aromatic heterocycles. The summed E-state index contributed by atoms with van der Waals surface area (Å²) in [6.07, 6.45) is 10.3. The van der Waals surface area contributed by atoms with Gasteiger partial charge >= 0.3 is 0 Å². The number of benzene rings is 1. The third-order valence-electron chi connectivity index (χ3n) is 3.38. The van der Waals surface area contributed by atoms with Crippen molar-refractivity contribution in [1.29, 1.82) is 0 Å². The summed E-state index contributed by atoms with van der Waals surface area (Å²) in [7, 11) is 1.51. The molecular weight excluding hydrogens is 278 g/mol. The van der Waals surface area contributed by atoms with Gasteiger partial charge in [0.15, 0.2) is 11.5 Å². The van der Waals surface area contributed by atoms with Crippen LogP contribution in [0.4, 0.5) is 0 Å². The predicted molar refractivity (Wildman–Crippen MR) is 89.0 cm³/mol. The number of rotatable bonds is 10. The van der Waals surface area contributed by atoms with E-state index in [-0.39, 0.29) is 11.7 Å². The molecule has 22 heavy (non-hydrogen) atoms. The highest BCUT2D eigenvalue weighted by atomic mass is 16.5. The van der Waals surface area contributed by atoms with Crippen molar-refractivity contribution >= 4 is 5.91 Å². The largest absolute Gasteiger partial charge is 0.504 e. The number of allylic oxidation sites excluding steroid dienone is 2. The highest BCUT2D eigenvalue weighted by Crippen LogP contribution is 2.26. The van der Waals surface area contributed by atoms with Gasteiger partial charge in [-0.25, -0.2) is 0 Å². The predicted octanol–water partition coefficient (Wildman–Crippen LogP) is 3.93. The molecule has 1 aromatic carbocycles. The lowest BCUT2D eigenvalue weighted by molar-refractivity contribution is -0.121. The minimum atomic E-state index is 0.0598. The van der Waals surface area contributed by atoms with E-state index in [0.29, 0.717) is 18.7 Å². The van der Waals surface area contributed by atoms with Crippen molar-refractivity contribution in [2.45, 2.75) is 52.0 Å². The second-order valence-corrected chi connectivity index (χ2v) is 5.29. The Morgan fingerprint density at radius 1 is 1.27 bits per heavy atom. The lowest BCUT2D eigenvalue weighted by Gasteiger charge is -2.08. The van der Waals surface area contributed by atoms with Crippen LogP contribution in [0.1, 0.15) is 51.0 Å². The Hall–Kier alpha value is -1.97. The first-order valence-electron chi connectivity index (χ1n) is 7.95. The number of phenolic OH excluding ortho intramolecular Hbond substituents is 1. The van der Waals surface area contributed by atoms with Gasteiger partial charge in [-0.3, -0.25) is 4.79 Å². The van der Waals surface area contributed by atoms with Gasteiger partial charge in [-0.05, 0) is 43.4 Å². The molecule has 0 aliphatic carbocycles. The highest BCUT2D eigenvalue weighted by molar-refractivity contribution is 5.75. The van der Waals surface area contributed by atoms with Crippen molar-refractivity contribution in [3.63, 3.8) is 0 Å². The fraction of sp³-hybridized carbons (Fsp3) is 0.500. The summed E-state index contributed by atoms with van der Waals surface area (Å²) in [5.41, 5.74) is 0.908. The van der Waals surface area contributed by atoms with Crippen LogP contribution in [-0.2, 0) is 11.3 Å². The molecule has 0 saturated carbocycles. The number of carbonyl (C=O) groups excluding carboxylic acids is 1. The van der Waals surface area contributed by atoms with Crippen LogP contribution in [0.2, 0.25) is 0 Å². The zero-order chi connectivity index (χ0) is 16.2. The van der Waals surface area contributed by atoms with Crippen molar-refractivity contribution in [1.82, 2.24) is 5.32 Å². The Morgan fingerprint density at radius 2 is 2.05 bits per heavy atom. The summed E-state index contributed by atoms with van der Waals surface area (Å²) in [6.45, 7) is 2.62. The molecule has 4 nitrogen and oxygen atoms in total. The van der Waals surface area contributed by atoms with E-state index in [2.05, 4.69) is 24.4 Å². The van der Waals surface area contributed by atoms with Crippen LogP contribution < -0.4 is 10.1 Å². The Morgan fingerprint density at radius 3 is 2.77 bits per heavy atom. The summed E-state index contributed by atoms with van der Waals surface area (Å²) in [6, 6.07) is 5.08. The topological polar surface area (TPSA) is 58.6 Å². The molecule has 0 aliphatic rings. The van der Waals surface area contributed by atoms with Crippen LogP contribution in [0.3, 0.4) is 0 Å². The number of aromatic hydroxyl groups is 1. The van der Waals surface area contributed by atoms with Crippen LogP contribution in [0.25, 0.3) is 0 Å². The molecule has 0 atom stereocenters. The molecule has 122 valence electrons. The van der Waals surface area contributed by atoms with Gasteiger partial charge in [0.1, 0.15) is 0 Å². The third kappa shape index (κ3) is 7.16. The summed E-state index contributed by atoms with van der Waals surface area (Å²) >= 11 is 0. The van der Waals surface area contributed by atoms with E-state index in [1.807, 2.05) is 0 Å². The number of nitrogens with one attached hydrogen (secondary N) is 1. The van der Waals surface area contributed by atoms with Crippen LogP contribution in [0.15, 0.2) is 30.4 Å². The highest BCUT2D eigenvalue weighted by Gasteiger charge is 2.04. The second-order valence-electron chi connectivity index (χ2n) is 5.29. The maximum absolute atomic E-state index is 11.8. The molecule has 0 heterocycles. The van der Waals surface area contributed by atoms with Crippen molar-refractivity contribution < 1.29 is 14.6 Å². The minimum Gasteiger partial charge on any atom is -0.504 e. The summed E-state index contributed by atoms with van der Waals surface area (Å²) < 4.78 is 5.04. The second kappa shape index (κ2) is 10.7. The van der Waals surface area contributed by atoms with E-state index in [4.69, 9.17) is 4.74 Å². The standard InChI is InChI=1S/C18H27NO3/c1-3-4-5-6-7-8-9-10-18(21)19-14-15-11-12-16(20)17(13-15)22-2/h5-6,11-13,20H,3-4,7-10,14H2,1-2H3,(H,19,21)/b6-5+. The maximum atomic E-state index is 11.8. The molecule has 0 fully saturated rings. The maximum Gasteiger partial charge on any atom is 0.220 e. The number of amides is 1. The number of hydrogen-bond acceptors (Lipinski definition) is 3. The number of ether oxygens (including phenoxy) is 1. The van der Waals surface area contributed by atoms with Gasteiger partial charge in [0.25, 0.3) is 0 Å². The van der Waals surface area contributed by atoms with Gasteiger partial charge in [0, 0.05) is 13.0 Å². The van der Waals surface area contributed by atoms with Crippen molar-refractivity contribution in [3.05, 3.63) is 35.9 Å². The van der Waals surface area contributed by atoms with E-state index in [9.17, 15) is 9.90 Å². The zero-order valence-electron chi connectivity index (χ0n) is 13.6. The van der Waals surface area contributed by atoms with Gasteiger partial charge in [0.05, 0.1) is 7.11 Å². The average Bonchev–Trinajstić information content (AvgIpc) is 2.53. The molecule has 0 bridgehead atoms. The Labute approximate surface area is 133 Å². The molecule has 0 unspecified atom stereocenters. The normalized spacial score (nSPS) is 10.8. The number of methoxy groups -OCH3 is 1. The van der Waals surface area contributed by atoms with Gasteiger partial charge in [-0.1, -0.05) is 31.6 Å². The molecule has 0 saturated heterocycles. The smallest absolute Gasteiger partial charge is 0.220 e. The Kier molecular flexibility index (Phi) is 8.80. The fourth-order valence-electron chi connectivity index (χ4n) is 2.07. The quantitative estimate of drug-likeness (QED) is 0.508. The molecule has 1 rings (SSSR count). The summed E-state index contributed by atoms with van der Waals surface area (Å²) in [5, 5.41) is 12.4. The van der Waals surface area contributed by atoms with Crippen LogP contribution in [0, 0.1) is 0 Å². The van der Waals surface area contributed by atoms with E-state index in [0.717, 1.165) is 31.2 Å². The van der Waals surface area contributed by atoms with Crippen molar-refractivity contribution in [3.8, 4) is 11.5 Å². The zero-order valence-corrected chi connectivity index (χ0v) is 13.6. The van der Waals surface area contributed by atoms with E-state index in [1.165, 1.54) is 13.5 Å². The summed E-state index contributed by atoms with van der Waals surface area (Å²) in [5.74, 6) is 0.587. The lowest BCUT2D eigenvalue weighted by Crippen LogP contribution is -2.22. The third-order valence-corrected chi connectivity index (χ3v) is 3.38. The van der Waals surface area contributed by atoms with Crippen molar-refractivity contribution in [2.24, 2.45) is 0 Å². The monoisotopic (exact) mass is 305 g/mol. The first kappa shape index (κ1) is 18.1. The van der Waals surface area contributed by atoms with E-state index < -0.39 is 0 Å². The Bertz CT molecular complexity index is 483. The number of carbonyl (C=O) groups is 1. The molecule has 0 spiro atoms. The number of phenols is 1. The molecule has 4 heteroatoms. The van der Waals surface area contributed by atoms with Crippen molar-refractivity contribution in [2.75, 3.05) is 7.11 Å². The minimum absolute atomic E-state index is 0.0598. The van der Waals surface area contributed by atoms with E-state index >= 15 is 0 Å². The van der Waals surface area contributed by atoms with Crippen LogP contribution in [0.5, 0.6) is 11.5 Å². The molecule has 0 aliphatic heterocycles. The first-order valence-corrected chi connectivity index (χ1v) is 7.95. The van der Waals surface area contributed by atoms with Crippen LogP contribution in [-0.4, -0.2) is 18.1 Å². The lowest BCUT2D eigenvalue weighted by atomic mass is 10.1. The van der Waals surface area contributed by atoms with Crippen LogP contribution >= 0.6 is 0 Å². The Balaban J connectivity index is 2.20. The molecule has 0 radical (unpaired) electrons. The molecule has 1 amide bonds. The number of unbranched alkanes of at least 4 members (excludes halogenated alkanes) is 3. The molecule has 1 aromatic rings. The van der Waals surface area contributed by atoms with Gasteiger partial charge in [0.2, 0.25) is 5.91 Å². The fourth-order valence-corrected chi connectivity index (χ4v) is 2.07. The SMILES string of the molecule is CCC/C=C/CCCCC(=O)NCc1ccc(O)c(OC)c1. The molecular formula is C18H27NO3. The average molecular weight is 305 g/mol.